The number of carbonyl (C=O) groups is 3. The number of carboxylic acid groups (broad SMARTS) is 1. The third kappa shape index (κ3) is 51.9. The highest BCUT2D eigenvalue weighted by atomic mass is 16.7. The Bertz CT molecular complexity index is 1450. The number of carboxylic acids is 1. The standard InChI is InChI=1S/C60H101NO8/c1-6-8-10-12-14-16-18-20-21-22-23-24-25-26-27-28-29-30-31-32-33-34-35-36-37-39-41-43-45-47-49-51-58(63)69-56(55-68-60(59(64)65)66-53-52-61(3,4)5)54-67-57(62)50-48-46-44-42-40-38-19-17-15-13-11-9-7-2/h8,10,14,16-17,19-21,23-24,26-27,29-30,32-33,56,60H,6-7,9,11-13,15,18,22,25,28,31,34-55H2,1-5H3/p+1/b10-8-,16-14-,19-17-,21-20-,24-23-,27-26-,30-29-,33-32-. The average molecular weight is 965 g/mol. The Labute approximate surface area is 422 Å². The highest BCUT2D eigenvalue weighted by Gasteiger charge is 2.25. The van der Waals surface area contributed by atoms with Crippen LogP contribution in [0.5, 0.6) is 0 Å². The Morgan fingerprint density at radius 2 is 0.826 bits per heavy atom. The molecule has 0 aliphatic rings. The minimum atomic E-state index is -1.52. The number of aliphatic carboxylic acids is 1. The van der Waals surface area contributed by atoms with Gasteiger partial charge in [-0.1, -0.05) is 195 Å². The Balaban J connectivity index is 4.25. The summed E-state index contributed by atoms with van der Waals surface area (Å²) in [5, 5.41) is 9.67. The van der Waals surface area contributed by atoms with Crippen LogP contribution in [0.1, 0.15) is 206 Å². The van der Waals surface area contributed by atoms with Crippen LogP contribution in [-0.4, -0.2) is 87.4 Å². The van der Waals surface area contributed by atoms with Crippen LogP contribution in [0.3, 0.4) is 0 Å². The summed E-state index contributed by atoms with van der Waals surface area (Å²) in [4.78, 5) is 37.3. The van der Waals surface area contributed by atoms with Gasteiger partial charge in [0.05, 0.1) is 34.4 Å². The molecule has 9 heteroatoms. The third-order valence-electron chi connectivity index (χ3n) is 11.3. The van der Waals surface area contributed by atoms with Crippen molar-refractivity contribution < 1.29 is 42.9 Å². The molecule has 9 nitrogen and oxygen atoms in total. The molecule has 0 rings (SSSR count). The number of carbonyl (C=O) groups excluding carboxylic acids is 2. The molecule has 0 aliphatic carbocycles. The van der Waals surface area contributed by atoms with Crippen molar-refractivity contribution in [2.24, 2.45) is 0 Å². The van der Waals surface area contributed by atoms with Crippen molar-refractivity contribution in [3.8, 4) is 0 Å². The van der Waals surface area contributed by atoms with Crippen molar-refractivity contribution in [2.75, 3.05) is 47.5 Å². The van der Waals surface area contributed by atoms with Gasteiger partial charge in [-0.3, -0.25) is 9.59 Å². The van der Waals surface area contributed by atoms with Crippen molar-refractivity contribution in [3.05, 3.63) is 97.2 Å². The fourth-order valence-electron chi connectivity index (χ4n) is 7.10. The van der Waals surface area contributed by atoms with Crippen molar-refractivity contribution in [3.63, 3.8) is 0 Å². The van der Waals surface area contributed by atoms with Gasteiger partial charge >= 0.3 is 17.9 Å². The number of nitrogens with zero attached hydrogens (tertiary/aromatic N) is 1. The van der Waals surface area contributed by atoms with Crippen LogP contribution in [0.2, 0.25) is 0 Å². The van der Waals surface area contributed by atoms with Gasteiger partial charge in [0.25, 0.3) is 6.29 Å². The first kappa shape index (κ1) is 65.2. The molecule has 1 N–H and O–H groups in total. The zero-order valence-electron chi connectivity index (χ0n) is 44.7. The number of hydrogen-bond acceptors (Lipinski definition) is 7. The average Bonchev–Trinajstić information content (AvgIpc) is 3.31. The van der Waals surface area contributed by atoms with Gasteiger partial charge < -0.3 is 28.5 Å². The molecule has 0 spiro atoms. The number of hydrogen-bond donors (Lipinski definition) is 1. The molecule has 0 amide bonds. The molecular formula is C60H102NO8+. The van der Waals surface area contributed by atoms with Crippen LogP contribution in [0, 0.1) is 0 Å². The lowest BCUT2D eigenvalue weighted by Crippen LogP contribution is -2.40. The zero-order valence-corrected chi connectivity index (χ0v) is 44.7. The lowest BCUT2D eigenvalue weighted by atomic mass is 10.1. The largest absolute Gasteiger partial charge is 0.477 e. The highest BCUT2D eigenvalue weighted by molar-refractivity contribution is 5.71. The van der Waals surface area contributed by atoms with Gasteiger partial charge in [0.15, 0.2) is 6.10 Å². The molecular weight excluding hydrogens is 863 g/mol. The maximum atomic E-state index is 12.8. The molecule has 2 unspecified atom stereocenters. The van der Waals surface area contributed by atoms with E-state index in [0.717, 1.165) is 109 Å². The van der Waals surface area contributed by atoms with Gasteiger partial charge in [0, 0.05) is 12.8 Å². The molecule has 0 bridgehead atoms. The van der Waals surface area contributed by atoms with E-state index in [4.69, 9.17) is 18.9 Å². The number of likely N-dealkylation sites (N-methyl/N-ethyl adjacent to an activating group) is 1. The smallest absolute Gasteiger partial charge is 0.361 e. The van der Waals surface area contributed by atoms with E-state index in [1.165, 1.54) is 64.2 Å². The van der Waals surface area contributed by atoms with E-state index in [9.17, 15) is 19.5 Å². The van der Waals surface area contributed by atoms with Crippen molar-refractivity contribution in [1.82, 2.24) is 0 Å². The normalized spacial score (nSPS) is 13.6. The van der Waals surface area contributed by atoms with E-state index < -0.39 is 24.3 Å². The number of rotatable bonds is 49. The lowest BCUT2D eigenvalue weighted by molar-refractivity contribution is -0.870. The fraction of sp³-hybridized carbons (Fsp3) is 0.683. The topological polar surface area (TPSA) is 108 Å². The second kappa shape index (κ2) is 50.6. The number of esters is 2. The second-order valence-electron chi connectivity index (χ2n) is 19.2. The Kier molecular flexibility index (Phi) is 47.8. The van der Waals surface area contributed by atoms with Crippen LogP contribution in [0.25, 0.3) is 0 Å². The summed E-state index contributed by atoms with van der Waals surface area (Å²) >= 11 is 0. The van der Waals surface area contributed by atoms with Crippen molar-refractivity contribution in [1.29, 1.82) is 0 Å². The predicted octanol–water partition coefficient (Wildman–Crippen LogP) is 15.8. The first-order valence-corrected chi connectivity index (χ1v) is 27.4. The van der Waals surface area contributed by atoms with Crippen LogP contribution in [0.15, 0.2) is 97.2 Å². The highest BCUT2D eigenvalue weighted by Crippen LogP contribution is 2.14. The van der Waals surface area contributed by atoms with Gasteiger partial charge in [-0.2, -0.15) is 0 Å². The first-order chi connectivity index (χ1) is 33.6. The van der Waals surface area contributed by atoms with Crippen molar-refractivity contribution in [2.45, 2.75) is 219 Å². The van der Waals surface area contributed by atoms with Crippen LogP contribution >= 0.6 is 0 Å². The zero-order chi connectivity index (χ0) is 50.6. The molecule has 0 fully saturated rings. The Hall–Kier alpha value is -3.79. The Morgan fingerprint density at radius 1 is 0.449 bits per heavy atom. The minimum absolute atomic E-state index is 0.181. The summed E-state index contributed by atoms with van der Waals surface area (Å²) in [6.45, 7) is 4.71. The molecule has 2 atom stereocenters. The van der Waals surface area contributed by atoms with Gasteiger partial charge in [-0.05, 0) is 96.3 Å². The van der Waals surface area contributed by atoms with Crippen LogP contribution < -0.4 is 0 Å². The summed E-state index contributed by atoms with van der Waals surface area (Å²) < 4.78 is 22.8. The fourth-order valence-corrected chi connectivity index (χ4v) is 7.10. The molecule has 69 heavy (non-hydrogen) atoms. The molecule has 0 aromatic carbocycles. The molecule has 0 saturated carbocycles. The Morgan fingerprint density at radius 3 is 1.25 bits per heavy atom. The van der Waals surface area contributed by atoms with E-state index in [0.29, 0.717) is 17.4 Å². The van der Waals surface area contributed by atoms with Gasteiger partial charge in [-0.25, -0.2) is 4.79 Å². The molecule has 0 aliphatic heterocycles. The molecule has 0 aromatic rings. The number of allylic oxidation sites excluding steroid dienone is 16. The summed E-state index contributed by atoms with van der Waals surface area (Å²) in [5.41, 5.74) is 0. The molecule has 0 radical (unpaired) electrons. The lowest BCUT2D eigenvalue weighted by Gasteiger charge is -2.25. The quantitative estimate of drug-likeness (QED) is 0.0211. The van der Waals surface area contributed by atoms with E-state index in [2.05, 4.69) is 111 Å². The monoisotopic (exact) mass is 965 g/mol. The summed E-state index contributed by atoms with van der Waals surface area (Å²) in [6, 6.07) is 0. The summed E-state index contributed by atoms with van der Waals surface area (Å²) in [7, 11) is 5.95. The van der Waals surface area contributed by atoms with E-state index in [1.54, 1.807) is 0 Å². The van der Waals surface area contributed by atoms with Crippen molar-refractivity contribution >= 4 is 17.9 Å². The third-order valence-corrected chi connectivity index (χ3v) is 11.3. The maximum absolute atomic E-state index is 12.8. The summed E-state index contributed by atoms with van der Waals surface area (Å²) in [6.07, 6.45) is 64.8. The second-order valence-corrected chi connectivity index (χ2v) is 19.2. The van der Waals surface area contributed by atoms with Gasteiger partial charge in [0.1, 0.15) is 13.2 Å². The predicted molar refractivity (Wildman–Crippen MR) is 290 cm³/mol. The number of quaternary nitrogens is 1. The molecule has 0 aromatic heterocycles. The number of unbranched alkanes of at least 4 members (excludes halogenated alkanes) is 18. The van der Waals surface area contributed by atoms with E-state index >= 15 is 0 Å². The van der Waals surface area contributed by atoms with E-state index in [-0.39, 0.29) is 38.6 Å². The van der Waals surface area contributed by atoms with E-state index in [1.807, 2.05) is 21.1 Å². The molecule has 0 saturated heterocycles. The van der Waals surface area contributed by atoms with Crippen LogP contribution in [-0.2, 0) is 33.3 Å². The van der Waals surface area contributed by atoms with Gasteiger partial charge in [-0.15, -0.1) is 0 Å². The summed E-state index contributed by atoms with van der Waals surface area (Å²) in [5.74, 6) is -2.03. The maximum Gasteiger partial charge on any atom is 0.361 e. The minimum Gasteiger partial charge on any atom is -0.477 e. The van der Waals surface area contributed by atoms with Crippen LogP contribution in [0.4, 0.5) is 0 Å². The molecule has 0 heterocycles. The first-order valence-electron chi connectivity index (χ1n) is 27.4. The molecule has 394 valence electrons. The van der Waals surface area contributed by atoms with Gasteiger partial charge in [0.2, 0.25) is 0 Å². The SMILES string of the molecule is CC/C=C\C/C=C\C/C=C\C/C=C\C/C=C\C/C=C\C/C=C\CCCCCCCCCCCC(=O)OC(COC(=O)CCCCCCC/C=C\CCCCCC)COC(OCC[N+](C)(C)C)C(=O)O. The number of ether oxygens (including phenoxy) is 4.